The number of rotatable bonds is 3. The molecule has 0 aliphatic carbocycles. The van der Waals surface area contributed by atoms with E-state index in [-0.39, 0.29) is 11.8 Å². The van der Waals surface area contributed by atoms with E-state index in [0.29, 0.717) is 13.2 Å². The number of amides is 1. The molecule has 2 heterocycles. The number of hydrogen-bond acceptors (Lipinski definition) is 3. The Morgan fingerprint density at radius 3 is 3.05 bits per heavy atom. The molecule has 1 atom stereocenters. The molecule has 1 amide bonds. The van der Waals surface area contributed by atoms with Gasteiger partial charge in [0.05, 0.1) is 12.5 Å². The van der Waals surface area contributed by atoms with E-state index in [9.17, 15) is 4.79 Å². The maximum Gasteiger partial charge on any atom is 0.229 e. The summed E-state index contributed by atoms with van der Waals surface area (Å²) in [6.45, 7) is 1.11. The van der Waals surface area contributed by atoms with Gasteiger partial charge in [-0.05, 0) is 40.0 Å². The van der Waals surface area contributed by atoms with Crippen LogP contribution in [0, 0.1) is 5.92 Å². The standard InChI is InChI=1S/C16H16BrNO2S/c1-18(8-14-7-13(17)10-21-14)16(19)12-6-11-4-2-3-5-15(11)20-9-12/h2-5,7,10,12H,6,8-9H2,1H3/t12-/m0/s1. The average Bonchev–Trinajstić information content (AvgIpc) is 2.91. The van der Waals surface area contributed by atoms with Crippen molar-refractivity contribution in [2.24, 2.45) is 5.92 Å². The summed E-state index contributed by atoms with van der Waals surface area (Å²) < 4.78 is 6.78. The number of carbonyl (C=O) groups excluding carboxylic acids is 1. The molecular weight excluding hydrogens is 350 g/mol. The Morgan fingerprint density at radius 2 is 2.29 bits per heavy atom. The van der Waals surface area contributed by atoms with Crippen molar-refractivity contribution < 1.29 is 9.53 Å². The average molecular weight is 366 g/mol. The van der Waals surface area contributed by atoms with Crippen LogP contribution in [-0.4, -0.2) is 24.5 Å². The smallest absolute Gasteiger partial charge is 0.229 e. The third-order valence-corrected chi connectivity index (χ3v) is 5.30. The van der Waals surface area contributed by atoms with E-state index in [2.05, 4.69) is 22.0 Å². The first-order valence-corrected chi connectivity index (χ1v) is 8.49. The van der Waals surface area contributed by atoms with Gasteiger partial charge in [0, 0.05) is 21.8 Å². The maximum atomic E-state index is 12.6. The van der Waals surface area contributed by atoms with Crippen molar-refractivity contribution in [2.75, 3.05) is 13.7 Å². The van der Waals surface area contributed by atoms with E-state index in [0.717, 1.165) is 22.2 Å². The third kappa shape index (κ3) is 3.30. The zero-order chi connectivity index (χ0) is 14.8. The van der Waals surface area contributed by atoms with Gasteiger partial charge >= 0.3 is 0 Å². The van der Waals surface area contributed by atoms with Crippen LogP contribution in [0.1, 0.15) is 10.4 Å². The van der Waals surface area contributed by atoms with E-state index in [1.54, 1.807) is 16.2 Å². The lowest BCUT2D eigenvalue weighted by molar-refractivity contribution is -0.136. The monoisotopic (exact) mass is 365 g/mol. The van der Waals surface area contributed by atoms with Crippen LogP contribution in [0.2, 0.25) is 0 Å². The Balaban J connectivity index is 1.66. The van der Waals surface area contributed by atoms with Crippen molar-refractivity contribution in [2.45, 2.75) is 13.0 Å². The van der Waals surface area contributed by atoms with Crippen LogP contribution >= 0.6 is 27.3 Å². The Kier molecular flexibility index (Phi) is 4.31. The highest BCUT2D eigenvalue weighted by Crippen LogP contribution is 2.28. The molecule has 1 aliphatic rings. The summed E-state index contributed by atoms with van der Waals surface area (Å²) in [5, 5.41) is 2.04. The van der Waals surface area contributed by atoms with Gasteiger partial charge in [-0.15, -0.1) is 11.3 Å². The van der Waals surface area contributed by atoms with Crippen molar-refractivity contribution in [3.63, 3.8) is 0 Å². The second-order valence-corrected chi connectivity index (χ2v) is 7.16. The van der Waals surface area contributed by atoms with Crippen LogP contribution < -0.4 is 4.74 Å². The van der Waals surface area contributed by atoms with Crippen LogP contribution in [0.4, 0.5) is 0 Å². The molecule has 5 heteroatoms. The minimum Gasteiger partial charge on any atom is -0.492 e. The SMILES string of the molecule is CN(Cc1cc(Br)cs1)C(=O)[C@@H]1COc2ccccc2C1. The maximum absolute atomic E-state index is 12.6. The van der Waals surface area contributed by atoms with Crippen LogP contribution in [0.5, 0.6) is 5.75 Å². The molecule has 3 nitrogen and oxygen atoms in total. The topological polar surface area (TPSA) is 29.5 Å². The summed E-state index contributed by atoms with van der Waals surface area (Å²) in [5.74, 6) is 0.966. The molecular formula is C16H16BrNO2S. The molecule has 21 heavy (non-hydrogen) atoms. The molecule has 0 saturated carbocycles. The summed E-state index contributed by atoms with van der Waals surface area (Å²) in [5.41, 5.74) is 1.12. The molecule has 1 aromatic heterocycles. The number of carbonyl (C=O) groups is 1. The van der Waals surface area contributed by atoms with Gasteiger partial charge in [-0.1, -0.05) is 18.2 Å². The van der Waals surface area contributed by atoms with E-state index >= 15 is 0 Å². The zero-order valence-electron chi connectivity index (χ0n) is 11.7. The van der Waals surface area contributed by atoms with Gasteiger partial charge in [-0.25, -0.2) is 0 Å². The van der Waals surface area contributed by atoms with Crippen molar-refractivity contribution >= 4 is 33.2 Å². The predicted octanol–water partition coefficient (Wildman–Crippen LogP) is 3.72. The third-order valence-electron chi connectivity index (χ3n) is 3.62. The minimum atomic E-state index is -0.0895. The first-order chi connectivity index (χ1) is 10.1. The first kappa shape index (κ1) is 14.6. The van der Waals surface area contributed by atoms with Crippen molar-refractivity contribution in [1.82, 2.24) is 4.90 Å². The molecule has 110 valence electrons. The minimum absolute atomic E-state index is 0.0895. The van der Waals surface area contributed by atoms with Crippen LogP contribution in [0.15, 0.2) is 40.2 Å². The summed E-state index contributed by atoms with van der Waals surface area (Å²) in [6, 6.07) is 10.00. The predicted molar refractivity (Wildman–Crippen MR) is 87.6 cm³/mol. The van der Waals surface area contributed by atoms with Gasteiger partial charge in [0.15, 0.2) is 0 Å². The number of thiophene rings is 1. The molecule has 3 rings (SSSR count). The van der Waals surface area contributed by atoms with Gasteiger partial charge < -0.3 is 9.64 Å². The zero-order valence-corrected chi connectivity index (χ0v) is 14.1. The molecule has 2 aromatic rings. The van der Waals surface area contributed by atoms with E-state index in [4.69, 9.17) is 4.74 Å². The summed E-state index contributed by atoms with van der Waals surface area (Å²) in [7, 11) is 1.86. The number of fused-ring (bicyclic) bond motifs is 1. The highest BCUT2D eigenvalue weighted by atomic mass is 79.9. The molecule has 1 aromatic carbocycles. The van der Waals surface area contributed by atoms with Crippen molar-refractivity contribution in [3.8, 4) is 5.75 Å². The van der Waals surface area contributed by atoms with Gasteiger partial charge in [-0.3, -0.25) is 4.79 Å². The first-order valence-electron chi connectivity index (χ1n) is 6.82. The number of halogens is 1. The van der Waals surface area contributed by atoms with E-state index in [1.165, 1.54) is 4.88 Å². The molecule has 0 unspecified atom stereocenters. The van der Waals surface area contributed by atoms with Crippen LogP contribution in [-0.2, 0) is 17.8 Å². The Bertz CT molecular complexity index is 655. The normalized spacial score (nSPS) is 17.0. The molecule has 0 radical (unpaired) electrons. The number of hydrogen-bond donors (Lipinski definition) is 0. The Morgan fingerprint density at radius 1 is 1.48 bits per heavy atom. The largest absolute Gasteiger partial charge is 0.492 e. The molecule has 0 bridgehead atoms. The summed E-state index contributed by atoms with van der Waals surface area (Å²) >= 11 is 5.10. The highest BCUT2D eigenvalue weighted by molar-refractivity contribution is 9.10. The van der Waals surface area contributed by atoms with E-state index < -0.39 is 0 Å². The fraction of sp³-hybridized carbons (Fsp3) is 0.312. The Hall–Kier alpha value is -1.33. The van der Waals surface area contributed by atoms with Crippen LogP contribution in [0.3, 0.4) is 0 Å². The van der Waals surface area contributed by atoms with E-state index in [1.807, 2.05) is 36.7 Å². The molecule has 0 spiro atoms. The summed E-state index contributed by atoms with van der Waals surface area (Å²) in [6.07, 6.45) is 0.757. The number of para-hydroxylation sites is 1. The van der Waals surface area contributed by atoms with Crippen molar-refractivity contribution in [3.05, 3.63) is 50.6 Å². The number of nitrogens with zero attached hydrogens (tertiary/aromatic N) is 1. The fourth-order valence-electron chi connectivity index (χ4n) is 2.55. The number of ether oxygens (including phenoxy) is 1. The van der Waals surface area contributed by atoms with Gasteiger partial charge in [0.1, 0.15) is 12.4 Å². The quantitative estimate of drug-likeness (QED) is 0.829. The van der Waals surface area contributed by atoms with Gasteiger partial charge in [0.25, 0.3) is 0 Å². The lowest BCUT2D eigenvalue weighted by Gasteiger charge is -2.28. The van der Waals surface area contributed by atoms with Crippen molar-refractivity contribution in [1.29, 1.82) is 0 Å². The lowest BCUT2D eigenvalue weighted by Crippen LogP contribution is -2.38. The van der Waals surface area contributed by atoms with Gasteiger partial charge in [-0.2, -0.15) is 0 Å². The van der Waals surface area contributed by atoms with Gasteiger partial charge in [0.2, 0.25) is 5.91 Å². The summed E-state index contributed by atoms with van der Waals surface area (Å²) in [4.78, 5) is 15.5. The second kappa shape index (κ2) is 6.20. The highest BCUT2D eigenvalue weighted by Gasteiger charge is 2.28. The number of benzene rings is 1. The molecule has 0 N–H and O–H groups in total. The molecule has 0 fully saturated rings. The Labute approximate surface area is 136 Å². The molecule has 1 aliphatic heterocycles. The molecule has 0 saturated heterocycles. The van der Waals surface area contributed by atoms with Crippen LogP contribution in [0.25, 0.3) is 0 Å². The second-order valence-electron chi connectivity index (χ2n) is 5.25. The fourth-order valence-corrected chi connectivity index (χ4v) is 4.05. The lowest BCUT2D eigenvalue weighted by atomic mass is 9.95.